The molecule has 0 bridgehead atoms. The van der Waals surface area contributed by atoms with E-state index in [1.807, 2.05) is 13.2 Å². The molecule has 1 aliphatic carbocycles. The van der Waals surface area contributed by atoms with Crippen molar-refractivity contribution in [2.75, 3.05) is 19.0 Å². The number of hydrogen-bond acceptors (Lipinski definition) is 8. The molecule has 4 rings (SSSR count). The fourth-order valence-electron chi connectivity index (χ4n) is 3.74. The van der Waals surface area contributed by atoms with Gasteiger partial charge in [0, 0.05) is 31.1 Å². The lowest BCUT2D eigenvalue weighted by Crippen LogP contribution is -2.16. The number of aryl methyl sites for hydroxylation is 1. The third kappa shape index (κ3) is 4.91. The molecule has 1 N–H and O–H groups in total. The number of pyridine rings is 1. The molecule has 3 aromatic heterocycles. The van der Waals surface area contributed by atoms with Gasteiger partial charge in [-0.05, 0) is 18.8 Å². The Morgan fingerprint density at radius 1 is 1.19 bits per heavy atom. The highest BCUT2D eigenvalue weighted by molar-refractivity contribution is 5.68. The van der Waals surface area contributed by atoms with E-state index in [1.165, 1.54) is 32.1 Å². The second kappa shape index (κ2) is 9.43. The first-order valence-electron chi connectivity index (χ1n) is 10.4. The van der Waals surface area contributed by atoms with E-state index in [-0.39, 0.29) is 5.69 Å². The molecule has 1 aliphatic rings. The van der Waals surface area contributed by atoms with Gasteiger partial charge in [0.1, 0.15) is 6.07 Å². The summed E-state index contributed by atoms with van der Waals surface area (Å²) in [5.74, 6) is 1.79. The van der Waals surface area contributed by atoms with Crippen LogP contribution in [0, 0.1) is 17.2 Å². The Bertz CT molecular complexity index is 1080. The number of nitrogens with one attached hydrogen (secondary N) is 1. The van der Waals surface area contributed by atoms with Crippen LogP contribution in [-0.4, -0.2) is 38.4 Å². The fourth-order valence-corrected chi connectivity index (χ4v) is 3.74. The van der Waals surface area contributed by atoms with E-state index in [2.05, 4.69) is 31.4 Å². The summed E-state index contributed by atoms with van der Waals surface area (Å²) < 4.78 is 13.1. The van der Waals surface area contributed by atoms with Crippen molar-refractivity contribution >= 4 is 11.6 Å². The predicted octanol–water partition coefficient (Wildman–Crippen LogP) is 3.86. The molecule has 0 amide bonds. The van der Waals surface area contributed by atoms with E-state index in [0.29, 0.717) is 35.8 Å². The third-order valence-corrected chi connectivity index (χ3v) is 5.38. The Hall–Kier alpha value is -3.67. The van der Waals surface area contributed by atoms with Crippen molar-refractivity contribution < 1.29 is 9.47 Å². The van der Waals surface area contributed by atoms with Crippen LogP contribution < -0.4 is 14.8 Å². The molecule has 0 aromatic carbocycles. The van der Waals surface area contributed by atoms with Crippen molar-refractivity contribution in [2.45, 2.75) is 32.1 Å². The van der Waals surface area contributed by atoms with E-state index in [9.17, 15) is 5.26 Å². The maximum atomic E-state index is 9.38. The van der Waals surface area contributed by atoms with Gasteiger partial charge < -0.3 is 14.8 Å². The third-order valence-electron chi connectivity index (χ3n) is 5.38. The molecule has 9 heteroatoms. The smallest absolute Gasteiger partial charge is 0.230 e. The molecule has 1 fully saturated rings. The van der Waals surface area contributed by atoms with Crippen LogP contribution in [0.1, 0.15) is 37.8 Å². The van der Waals surface area contributed by atoms with Crippen molar-refractivity contribution in [3.63, 3.8) is 0 Å². The first kappa shape index (κ1) is 20.6. The van der Waals surface area contributed by atoms with Crippen LogP contribution in [0.4, 0.5) is 11.6 Å². The van der Waals surface area contributed by atoms with Crippen LogP contribution in [0.2, 0.25) is 0 Å². The Balaban J connectivity index is 1.51. The fraction of sp³-hybridized carbons (Fsp3) is 0.409. The Kier molecular flexibility index (Phi) is 6.26. The summed E-state index contributed by atoms with van der Waals surface area (Å²) in [6.45, 7) is 0.601. The van der Waals surface area contributed by atoms with Gasteiger partial charge in [-0.2, -0.15) is 15.3 Å². The van der Waals surface area contributed by atoms with Gasteiger partial charge in [-0.1, -0.05) is 19.3 Å². The SMILES string of the molecule is COc1nc(Nc2cnc(C#N)c(OCC3CCCCC3)c2)ncc1-c1cnn(C)c1. The number of ether oxygens (including phenoxy) is 2. The summed E-state index contributed by atoms with van der Waals surface area (Å²) in [7, 11) is 3.41. The largest absolute Gasteiger partial charge is 0.490 e. The molecule has 1 saturated carbocycles. The highest BCUT2D eigenvalue weighted by atomic mass is 16.5. The zero-order valence-corrected chi connectivity index (χ0v) is 17.7. The van der Waals surface area contributed by atoms with Crippen LogP contribution in [-0.2, 0) is 7.05 Å². The van der Waals surface area contributed by atoms with Crippen LogP contribution in [0.5, 0.6) is 11.6 Å². The van der Waals surface area contributed by atoms with Gasteiger partial charge in [-0.15, -0.1) is 0 Å². The number of nitrogens with zero attached hydrogens (tertiary/aromatic N) is 6. The summed E-state index contributed by atoms with van der Waals surface area (Å²) in [4.78, 5) is 13.1. The van der Waals surface area contributed by atoms with Gasteiger partial charge in [0.05, 0.1) is 37.4 Å². The lowest BCUT2D eigenvalue weighted by molar-refractivity contribution is 0.208. The first-order chi connectivity index (χ1) is 15.2. The molecule has 31 heavy (non-hydrogen) atoms. The van der Waals surface area contributed by atoms with Gasteiger partial charge in [0.25, 0.3) is 0 Å². The Morgan fingerprint density at radius 3 is 2.74 bits per heavy atom. The Labute approximate surface area is 181 Å². The Morgan fingerprint density at radius 2 is 2.03 bits per heavy atom. The van der Waals surface area contributed by atoms with Gasteiger partial charge in [-0.3, -0.25) is 4.68 Å². The van der Waals surface area contributed by atoms with E-state index >= 15 is 0 Å². The maximum Gasteiger partial charge on any atom is 0.230 e. The summed E-state index contributed by atoms with van der Waals surface area (Å²) in [6.07, 6.45) is 13.0. The summed E-state index contributed by atoms with van der Waals surface area (Å²) in [6, 6.07) is 3.86. The monoisotopic (exact) mass is 419 g/mol. The molecule has 160 valence electrons. The lowest BCUT2D eigenvalue weighted by atomic mass is 9.90. The van der Waals surface area contributed by atoms with Gasteiger partial charge in [0.2, 0.25) is 11.8 Å². The van der Waals surface area contributed by atoms with Crippen LogP contribution in [0.25, 0.3) is 11.1 Å². The predicted molar refractivity (Wildman–Crippen MR) is 115 cm³/mol. The molecular formula is C22H25N7O2. The van der Waals surface area contributed by atoms with Crippen molar-refractivity contribution in [3.8, 4) is 28.8 Å². The van der Waals surface area contributed by atoms with E-state index in [4.69, 9.17) is 9.47 Å². The normalized spacial score (nSPS) is 14.1. The van der Waals surface area contributed by atoms with Gasteiger partial charge in [-0.25, -0.2) is 9.97 Å². The van der Waals surface area contributed by atoms with Crippen molar-refractivity contribution in [1.29, 1.82) is 5.26 Å². The zero-order chi connectivity index (χ0) is 21.6. The molecule has 0 atom stereocenters. The molecule has 0 radical (unpaired) electrons. The quantitative estimate of drug-likeness (QED) is 0.615. The van der Waals surface area contributed by atoms with Crippen molar-refractivity contribution in [3.05, 3.63) is 36.5 Å². The average molecular weight is 419 g/mol. The topological polar surface area (TPSA) is 111 Å². The number of anilines is 2. The molecule has 0 aliphatic heterocycles. The van der Waals surface area contributed by atoms with Crippen molar-refractivity contribution in [2.24, 2.45) is 13.0 Å². The molecule has 0 saturated heterocycles. The minimum absolute atomic E-state index is 0.270. The van der Waals surface area contributed by atoms with Crippen LogP contribution >= 0.6 is 0 Å². The van der Waals surface area contributed by atoms with Crippen LogP contribution in [0.15, 0.2) is 30.9 Å². The summed E-state index contributed by atoms with van der Waals surface area (Å²) >= 11 is 0. The molecular weight excluding hydrogens is 394 g/mol. The summed E-state index contributed by atoms with van der Waals surface area (Å²) in [5, 5.41) is 16.7. The number of aromatic nitrogens is 5. The number of hydrogen-bond donors (Lipinski definition) is 1. The highest BCUT2D eigenvalue weighted by Crippen LogP contribution is 2.30. The van der Waals surface area contributed by atoms with Crippen molar-refractivity contribution in [1.82, 2.24) is 24.7 Å². The van der Waals surface area contributed by atoms with E-state index < -0.39 is 0 Å². The standard InChI is InChI=1S/C22H25N7O2/c1-29-13-16(10-26-29)18-12-25-22(28-21(18)30-2)27-17-8-20(19(9-23)24-11-17)31-14-15-6-4-3-5-7-15/h8,10-13,15H,3-7,14H2,1-2H3,(H,25,27,28). The molecule has 3 aromatic rings. The number of rotatable bonds is 7. The second-order valence-corrected chi connectivity index (χ2v) is 7.64. The summed E-state index contributed by atoms with van der Waals surface area (Å²) in [5.41, 5.74) is 2.51. The lowest BCUT2D eigenvalue weighted by Gasteiger charge is -2.22. The van der Waals surface area contributed by atoms with E-state index in [1.54, 1.807) is 36.4 Å². The molecule has 9 nitrogen and oxygen atoms in total. The maximum absolute atomic E-state index is 9.38. The number of methoxy groups -OCH3 is 1. The first-order valence-corrected chi connectivity index (χ1v) is 10.4. The second-order valence-electron chi connectivity index (χ2n) is 7.64. The van der Waals surface area contributed by atoms with E-state index in [0.717, 1.165) is 11.1 Å². The highest BCUT2D eigenvalue weighted by Gasteiger charge is 2.16. The average Bonchev–Trinajstić information content (AvgIpc) is 3.24. The number of nitriles is 1. The molecule has 0 unspecified atom stereocenters. The minimum Gasteiger partial charge on any atom is -0.490 e. The molecule has 3 heterocycles. The minimum atomic E-state index is 0.270. The zero-order valence-electron chi connectivity index (χ0n) is 17.7. The van der Waals surface area contributed by atoms with Crippen LogP contribution in [0.3, 0.4) is 0 Å². The van der Waals surface area contributed by atoms with Gasteiger partial charge >= 0.3 is 0 Å². The van der Waals surface area contributed by atoms with Gasteiger partial charge in [0.15, 0.2) is 11.4 Å². The molecule has 0 spiro atoms.